The Kier molecular flexibility index (Phi) is 6.73. The number of aryl methyl sites for hydroxylation is 1. The van der Waals surface area contributed by atoms with Crippen molar-refractivity contribution >= 4 is 35.1 Å². The van der Waals surface area contributed by atoms with Gasteiger partial charge in [0.05, 0.1) is 23.9 Å². The maximum absolute atomic E-state index is 13.3. The van der Waals surface area contributed by atoms with Crippen LogP contribution in [0, 0.1) is 6.92 Å². The van der Waals surface area contributed by atoms with Gasteiger partial charge < -0.3 is 4.42 Å². The molecule has 0 radical (unpaired) electrons. The lowest BCUT2D eigenvalue weighted by Crippen LogP contribution is -2.28. The topological polar surface area (TPSA) is 58.2 Å². The Labute approximate surface area is 208 Å². The van der Waals surface area contributed by atoms with Crippen LogP contribution in [0.1, 0.15) is 22.5 Å². The molecule has 1 aliphatic rings. The van der Waals surface area contributed by atoms with Crippen molar-refractivity contribution in [3.8, 4) is 11.1 Å². The Morgan fingerprint density at radius 3 is 2.37 bits per heavy atom. The van der Waals surface area contributed by atoms with Crippen LogP contribution < -0.4 is 0 Å². The number of amides is 1. The van der Waals surface area contributed by atoms with E-state index >= 15 is 0 Å². The van der Waals surface area contributed by atoms with Crippen molar-refractivity contribution in [3.05, 3.63) is 125 Å². The molecule has 5 nitrogen and oxygen atoms in total. The molecule has 1 aliphatic heterocycles. The summed E-state index contributed by atoms with van der Waals surface area (Å²) in [6.07, 6.45) is 5.20. The summed E-state index contributed by atoms with van der Waals surface area (Å²) in [7, 11) is 0. The van der Waals surface area contributed by atoms with Gasteiger partial charge in [0.2, 0.25) is 0 Å². The maximum Gasteiger partial charge on any atom is 0.267 e. The highest BCUT2D eigenvalue weighted by molar-refractivity contribution is 8.18. The zero-order chi connectivity index (χ0) is 24.0. The predicted octanol–water partition coefficient (Wildman–Crippen LogP) is 6.76. The molecule has 1 fully saturated rings. The monoisotopic (exact) mass is 477 g/mol. The summed E-state index contributed by atoms with van der Waals surface area (Å²) in [5.74, 6) is 0.561. The Bertz CT molecular complexity index is 1410. The minimum absolute atomic E-state index is 0.122. The molecular weight excluding hydrogens is 454 g/mol. The lowest BCUT2D eigenvalue weighted by molar-refractivity contribution is -0.122. The third-order valence-electron chi connectivity index (χ3n) is 5.63. The molecule has 5 rings (SSSR count). The molecule has 0 N–H and O–H groups in total. The first-order valence-electron chi connectivity index (χ1n) is 11.2. The number of amidine groups is 1. The molecule has 0 aliphatic carbocycles. The number of thioether (sulfide) groups is 1. The van der Waals surface area contributed by atoms with E-state index in [9.17, 15) is 4.79 Å². The number of hydrogen-bond donors (Lipinski definition) is 0. The van der Waals surface area contributed by atoms with Gasteiger partial charge in [-0.15, -0.1) is 5.10 Å². The summed E-state index contributed by atoms with van der Waals surface area (Å²) in [4.78, 5) is 15.5. The Hall–Kier alpha value is -4.16. The molecule has 2 heterocycles. The van der Waals surface area contributed by atoms with Gasteiger partial charge in [-0.1, -0.05) is 78.9 Å². The van der Waals surface area contributed by atoms with Gasteiger partial charge in [-0.25, -0.2) is 0 Å². The molecule has 0 bridgehead atoms. The first kappa shape index (κ1) is 22.6. The van der Waals surface area contributed by atoms with E-state index in [1.54, 1.807) is 23.4 Å². The number of carbonyl (C=O) groups excluding carboxylic acids is 1. The van der Waals surface area contributed by atoms with Crippen molar-refractivity contribution in [1.29, 1.82) is 0 Å². The fraction of sp³-hybridized carbons (Fsp3) is 0.0690. The third kappa shape index (κ3) is 5.34. The van der Waals surface area contributed by atoms with Gasteiger partial charge in [0, 0.05) is 0 Å². The van der Waals surface area contributed by atoms with Gasteiger partial charge in [-0.3, -0.25) is 9.69 Å². The van der Waals surface area contributed by atoms with Crippen molar-refractivity contribution in [3.63, 3.8) is 0 Å². The Morgan fingerprint density at radius 2 is 1.63 bits per heavy atom. The molecule has 4 aromatic rings. The number of carbonyl (C=O) groups is 1. The molecule has 1 aromatic heterocycles. The second kappa shape index (κ2) is 10.4. The quantitative estimate of drug-likeness (QED) is 0.175. The highest BCUT2D eigenvalue weighted by Gasteiger charge is 2.34. The summed E-state index contributed by atoms with van der Waals surface area (Å²) in [6, 6.07) is 30.0. The van der Waals surface area contributed by atoms with E-state index in [2.05, 4.69) is 34.5 Å². The smallest absolute Gasteiger partial charge is 0.267 e. The van der Waals surface area contributed by atoms with Crippen LogP contribution >= 0.6 is 11.8 Å². The largest absolute Gasteiger partial charge is 0.467 e. The van der Waals surface area contributed by atoms with Gasteiger partial charge in [0.15, 0.2) is 5.17 Å². The summed E-state index contributed by atoms with van der Waals surface area (Å²) >= 11 is 1.32. The summed E-state index contributed by atoms with van der Waals surface area (Å²) in [5, 5.41) is 9.18. The fourth-order valence-electron chi connectivity index (χ4n) is 3.71. The number of furan rings is 1. The van der Waals surface area contributed by atoms with Crippen LogP contribution in [0.15, 0.2) is 117 Å². The van der Waals surface area contributed by atoms with E-state index in [4.69, 9.17) is 4.42 Å². The van der Waals surface area contributed by atoms with Crippen molar-refractivity contribution in [2.45, 2.75) is 13.5 Å². The molecule has 1 saturated heterocycles. The molecule has 172 valence electrons. The van der Waals surface area contributed by atoms with Crippen LogP contribution in [-0.2, 0) is 11.3 Å². The molecular formula is C29H23N3O2S. The maximum atomic E-state index is 13.3. The predicted molar refractivity (Wildman–Crippen MR) is 143 cm³/mol. The SMILES string of the molecule is Cc1ccccc1/C=N/N=C1\S/C(=C\c2ccc(-c3ccccc3)cc2)C(=O)N1Cc1ccco1. The average molecular weight is 478 g/mol. The van der Waals surface area contributed by atoms with Crippen molar-refractivity contribution in [1.82, 2.24) is 4.90 Å². The number of hydrogen-bond acceptors (Lipinski definition) is 5. The summed E-state index contributed by atoms with van der Waals surface area (Å²) < 4.78 is 5.47. The lowest BCUT2D eigenvalue weighted by Gasteiger charge is -2.12. The van der Waals surface area contributed by atoms with Crippen LogP contribution in [0.5, 0.6) is 0 Å². The molecule has 0 saturated carbocycles. The van der Waals surface area contributed by atoms with E-state index in [0.29, 0.717) is 22.4 Å². The first-order valence-corrected chi connectivity index (χ1v) is 12.0. The third-order valence-corrected chi connectivity index (χ3v) is 6.62. The van der Waals surface area contributed by atoms with E-state index in [-0.39, 0.29) is 5.91 Å². The van der Waals surface area contributed by atoms with E-state index in [1.165, 1.54) is 11.8 Å². The van der Waals surface area contributed by atoms with Gasteiger partial charge >= 0.3 is 0 Å². The van der Waals surface area contributed by atoms with Crippen molar-refractivity contribution in [2.75, 3.05) is 0 Å². The van der Waals surface area contributed by atoms with Crippen molar-refractivity contribution < 1.29 is 9.21 Å². The van der Waals surface area contributed by atoms with Crippen LogP contribution in [0.4, 0.5) is 0 Å². The second-order valence-electron chi connectivity index (χ2n) is 8.05. The number of benzene rings is 3. The highest BCUT2D eigenvalue weighted by atomic mass is 32.2. The Balaban J connectivity index is 1.41. The molecule has 3 aromatic carbocycles. The molecule has 0 atom stereocenters. The van der Waals surface area contributed by atoms with Gasteiger partial charge in [0.1, 0.15) is 5.76 Å². The normalized spacial score (nSPS) is 16.1. The van der Waals surface area contributed by atoms with Gasteiger partial charge in [-0.05, 0) is 64.7 Å². The summed E-state index contributed by atoms with van der Waals surface area (Å²) in [5.41, 5.74) is 5.33. The van der Waals surface area contributed by atoms with E-state index in [0.717, 1.165) is 27.8 Å². The molecule has 1 amide bonds. The minimum atomic E-state index is -0.122. The van der Waals surface area contributed by atoms with Crippen LogP contribution in [0.2, 0.25) is 0 Å². The zero-order valence-corrected chi connectivity index (χ0v) is 20.0. The number of nitrogens with zero attached hydrogens (tertiary/aromatic N) is 3. The molecule has 6 heteroatoms. The average Bonchev–Trinajstić information content (AvgIpc) is 3.51. The van der Waals surface area contributed by atoms with Gasteiger partial charge in [0.25, 0.3) is 5.91 Å². The van der Waals surface area contributed by atoms with E-state index < -0.39 is 0 Å². The van der Waals surface area contributed by atoms with Gasteiger partial charge in [-0.2, -0.15) is 5.10 Å². The first-order chi connectivity index (χ1) is 17.2. The van der Waals surface area contributed by atoms with Crippen LogP contribution in [0.25, 0.3) is 17.2 Å². The van der Waals surface area contributed by atoms with E-state index in [1.807, 2.05) is 73.7 Å². The zero-order valence-electron chi connectivity index (χ0n) is 19.2. The molecule has 0 spiro atoms. The van der Waals surface area contributed by atoms with Crippen molar-refractivity contribution in [2.24, 2.45) is 10.2 Å². The minimum Gasteiger partial charge on any atom is -0.467 e. The highest BCUT2D eigenvalue weighted by Crippen LogP contribution is 2.34. The summed E-state index contributed by atoms with van der Waals surface area (Å²) in [6.45, 7) is 2.32. The molecule has 0 unspecified atom stereocenters. The Morgan fingerprint density at radius 1 is 0.886 bits per heavy atom. The van der Waals surface area contributed by atoms with Crippen LogP contribution in [0.3, 0.4) is 0 Å². The lowest BCUT2D eigenvalue weighted by atomic mass is 10.0. The molecule has 35 heavy (non-hydrogen) atoms. The number of rotatable bonds is 6. The standard InChI is InChI=1S/C29H23N3O2S/c1-21-8-5-6-11-25(21)19-30-31-29-32(20-26-12-7-17-34-26)28(33)27(35-29)18-22-13-15-24(16-14-22)23-9-3-2-4-10-23/h2-19H,20H2,1H3/b27-18-,30-19+,31-29-. The fourth-order valence-corrected chi connectivity index (χ4v) is 4.64. The second-order valence-corrected chi connectivity index (χ2v) is 9.06. The van der Waals surface area contributed by atoms with Crippen LogP contribution in [-0.4, -0.2) is 22.2 Å².